The highest BCUT2D eigenvalue weighted by Gasteiger charge is 2.40. The molecule has 1 aliphatic carbocycles. The van der Waals surface area contributed by atoms with Crippen molar-refractivity contribution in [2.75, 3.05) is 6.61 Å². The van der Waals surface area contributed by atoms with Crippen molar-refractivity contribution >= 4 is 0 Å². The molecule has 0 heterocycles. The molecule has 0 bridgehead atoms. The lowest BCUT2D eigenvalue weighted by molar-refractivity contribution is -0.545. The van der Waals surface area contributed by atoms with Gasteiger partial charge < -0.3 is 5.11 Å². The molecule has 0 aromatic rings. The zero-order valence-electron chi connectivity index (χ0n) is 24.7. The van der Waals surface area contributed by atoms with Gasteiger partial charge in [-0.3, -0.25) is 0 Å². The van der Waals surface area contributed by atoms with E-state index in [9.17, 15) is 5.11 Å². The molecule has 0 unspecified atom stereocenters. The molecule has 0 radical (unpaired) electrons. The van der Waals surface area contributed by atoms with Crippen LogP contribution in [0.15, 0.2) is 0 Å². The molecule has 1 fully saturated rings. The molecule has 1 saturated carbocycles. The van der Waals surface area contributed by atoms with Crippen LogP contribution in [0.4, 0.5) is 0 Å². The zero-order valence-corrected chi connectivity index (χ0v) is 24.7. The van der Waals surface area contributed by atoms with Crippen LogP contribution in [0.1, 0.15) is 129 Å². The van der Waals surface area contributed by atoms with Crippen LogP contribution in [0.2, 0.25) is 0 Å². The first-order valence-corrected chi connectivity index (χ1v) is 12.7. The first-order chi connectivity index (χ1) is 15.7. The van der Waals surface area contributed by atoms with E-state index in [1.54, 1.807) is 0 Å². The predicted octanol–water partition coefficient (Wildman–Crippen LogP) is 6.72. The molecule has 9 heteroatoms. The summed E-state index contributed by atoms with van der Waals surface area (Å²) in [5, 5.41) is 9.36. The maximum absolute atomic E-state index is 9.36. The zero-order chi connectivity index (χ0) is 27.6. The van der Waals surface area contributed by atoms with Gasteiger partial charge in [-0.25, -0.2) is 19.6 Å². The van der Waals surface area contributed by atoms with Crippen molar-refractivity contribution in [3.8, 4) is 0 Å². The summed E-state index contributed by atoms with van der Waals surface area (Å²) < 4.78 is 0. The van der Waals surface area contributed by atoms with Crippen molar-refractivity contribution in [2.45, 2.75) is 163 Å². The summed E-state index contributed by atoms with van der Waals surface area (Å²) in [7, 11) is 0. The number of hydrogen-bond donors (Lipinski definition) is 1. The molecule has 0 spiro atoms. The van der Waals surface area contributed by atoms with E-state index >= 15 is 0 Å². The quantitative estimate of drug-likeness (QED) is 0.195. The van der Waals surface area contributed by atoms with Crippen molar-refractivity contribution in [2.24, 2.45) is 0 Å². The normalized spacial score (nSPS) is 17.7. The van der Waals surface area contributed by atoms with Crippen LogP contribution in [0.25, 0.3) is 0 Å². The molecule has 212 valence electrons. The van der Waals surface area contributed by atoms with Crippen LogP contribution in [0, 0.1) is 0 Å². The number of rotatable bonds is 10. The van der Waals surface area contributed by atoms with Gasteiger partial charge >= 0.3 is 0 Å². The fourth-order valence-corrected chi connectivity index (χ4v) is 2.37. The molecule has 1 aliphatic rings. The average molecular weight is 511 g/mol. The van der Waals surface area contributed by atoms with Gasteiger partial charge in [0.1, 0.15) is 6.61 Å². The molecule has 0 aromatic carbocycles. The van der Waals surface area contributed by atoms with Crippen LogP contribution in [0.3, 0.4) is 0 Å². The first-order valence-electron chi connectivity index (χ1n) is 12.7. The molecule has 9 nitrogen and oxygen atoms in total. The Morgan fingerprint density at radius 3 is 1.14 bits per heavy atom. The predicted molar refractivity (Wildman–Crippen MR) is 134 cm³/mol. The van der Waals surface area contributed by atoms with Crippen molar-refractivity contribution < 1.29 is 44.2 Å². The van der Waals surface area contributed by atoms with Crippen LogP contribution in [-0.2, 0) is 39.1 Å². The van der Waals surface area contributed by atoms with Crippen molar-refractivity contribution in [1.29, 1.82) is 0 Å². The molecule has 1 rings (SSSR count). The Balaban J connectivity index is 0.000000662. The van der Waals surface area contributed by atoms with Gasteiger partial charge in [-0.1, -0.05) is 13.3 Å². The number of hydrogen-bond acceptors (Lipinski definition) is 9. The fraction of sp³-hybridized carbons (Fsp3) is 1.00. The van der Waals surface area contributed by atoms with Gasteiger partial charge in [0.05, 0.1) is 22.4 Å². The fourth-order valence-electron chi connectivity index (χ4n) is 2.37. The van der Waals surface area contributed by atoms with Crippen molar-refractivity contribution in [1.82, 2.24) is 0 Å². The molecule has 0 aliphatic heterocycles. The molecule has 0 amide bonds. The Bertz CT molecular complexity index is 515. The second-order valence-corrected chi connectivity index (χ2v) is 13.0. The van der Waals surface area contributed by atoms with E-state index in [-0.39, 0.29) is 17.8 Å². The standard InChI is InChI=1S/C14H28O4.C12H26O5/c1-12(2,3)15-17-14(10-8-7-9-11-14)18-16-13(4,5)6;1-8-12(9-13,16-14-10(2,3)4)17-15-11(5,6)7/h7-11H2,1-6H3;13H,8-9H2,1-7H3. The largest absolute Gasteiger partial charge is 0.391 e. The molecular formula is C26H54O9. The van der Waals surface area contributed by atoms with E-state index in [1.165, 1.54) is 6.42 Å². The van der Waals surface area contributed by atoms with Gasteiger partial charge in [0.2, 0.25) is 5.79 Å². The van der Waals surface area contributed by atoms with Gasteiger partial charge in [0.15, 0.2) is 0 Å². The summed E-state index contributed by atoms with van der Waals surface area (Å²) >= 11 is 0. The summed E-state index contributed by atoms with van der Waals surface area (Å²) in [6.45, 7) is 24.2. The number of aliphatic hydroxyl groups is 1. The average Bonchev–Trinajstić information content (AvgIpc) is 2.71. The SMILES string of the molecule is CC(C)(C)OOC1(OOC(C)(C)C)CCCCC1.CCC(CO)(OOC(C)(C)C)OOC(C)(C)C. The van der Waals surface area contributed by atoms with Crippen molar-refractivity contribution in [3.63, 3.8) is 0 Å². The Morgan fingerprint density at radius 1 is 0.543 bits per heavy atom. The molecule has 0 saturated heterocycles. The van der Waals surface area contributed by atoms with Crippen molar-refractivity contribution in [3.05, 3.63) is 0 Å². The van der Waals surface area contributed by atoms with Crippen LogP contribution in [-0.4, -0.2) is 45.7 Å². The minimum atomic E-state index is -1.29. The van der Waals surface area contributed by atoms with Crippen LogP contribution in [0.5, 0.6) is 0 Å². The lowest BCUT2D eigenvalue weighted by Gasteiger charge is -2.37. The van der Waals surface area contributed by atoms with Crippen LogP contribution < -0.4 is 0 Å². The monoisotopic (exact) mass is 510 g/mol. The summed E-state index contributed by atoms with van der Waals surface area (Å²) in [5.41, 5.74) is -1.67. The maximum Gasteiger partial charge on any atom is 0.256 e. The number of aliphatic hydroxyl groups excluding tert-OH is 1. The summed E-state index contributed by atoms with van der Waals surface area (Å²) in [4.78, 5) is 42.8. The van der Waals surface area contributed by atoms with E-state index < -0.39 is 22.8 Å². The molecule has 0 atom stereocenters. The Labute approximate surface area is 213 Å². The van der Waals surface area contributed by atoms with Gasteiger partial charge in [-0.15, -0.1) is 0 Å². The third-order valence-electron chi connectivity index (χ3n) is 4.17. The summed E-state index contributed by atoms with van der Waals surface area (Å²) in [5.74, 6) is -2.04. The summed E-state index contributed by atoms with van der Waals surface area (Å²) in [6, 6.07) is 0. The van der Waals surface area contributed by atoms with E-state index in [1.807, 2.05) is 90.0 Å². The lowest BCUT2D eigenvalue weighted by Crippen LogP contribution is -2.43. The van der Waals surface area contributed by atoms with Gasteiger partial charge in [0, 0.05) is 19.3 Å². The Kier molecular flexibility index (Phi) is 13.8. The highest BCUT2D eigenvalue weighted by molar-refractivity contribution is 4.74. The molecule has 0 aromatic heterocycles. The topological polar surface area (TPSA) is 94.1 Å². The third-order valence-corrected chi connectivity index (χ3v) is 4.17. The second-order valence-electron chi connectivity index (χ2n) is 13.0. The van der Waals surface area contributed by atoms with E-state index in [0.29, 0.717) is 6.42 Å². The Morgan fingerprint density at radius 2 is 0.886 bits per heavy atom. The third kappa shape index (κ3) is 17.7. The van der Waals surface area contributed by atoms with Gasteiger partial charge in [-0.05, 0) is 95.9 Å². The highest BCUT2D eigenvalue weighted by atomic mass is 17.3. The molecule has 35 heavy (non-hydrogen) atoms. The first kappa shape index (κ1) is 34.6. The second kappa shape index (κ2) is 14.0. The van der Waals surface area contributed by atoms with E-state index in [4.69, 9.17) is 39.1 Å². The van der Waals surface area contributed by atoms with Crippen LogP contribution >= 0.6 is 0 Å². The van der Waals surface area contributed by atoms with Gasteiger partial charge in [-0.2, -0.15) is 19.6 Å². The Hall–Kier alpha value is -0.360. The minimum absolute atomic E-state index is 0.352. The highest BCUT2D eigenvalue weighted by Crippen LogP contribution is 2.35. The van der Waals surface area contributed by atoms with E-state index in [0.717, 1.165) is 25.7 Å². The smallest absolute Gasteiger partial charge is 0.256 e. The minimum Gasteiger partial charge on any atom is -0.391 e. The lowest BCUT2D eigenvalue weighted by atomic mass is 9.94. The van der Waals surface area contributed by atoms with E-state index in [2.05, 4.69) is 0 Å². The molecule has 1 N–H and O–H groups in total. The molecular weight excluding hydrogens is 456 g/mol. The maximum atomic E-state index is 9.36. The summed E-state index contributed by atoms with van der Waals surface area (Å²) in [6.07, 6.45) is 5.36. The van der Waals surface area contributed by atoms with Gasteiger partial charge in [0.25, 0.3) is 5.79 Å².